The van der Waals surface area contributed by atoms with E-state index in [1.54, 1.807) is 12.3 Å². The van der Waals surface area contributed by atoms with Crippen LogP contribution in [0.5, 0.6) is 0 Å². The lowest BCUT2D eigenvalue weighted by Gasteiger charge is -2.13. The third-order valence-electron chi connectivity index (χ3n) is 2.62. The number of hydrogen-bond acceptors (Lipinski definition) is 1. The molecule has 3 heteroatoms. The Morgan fingerprint density at radius 2 is 1.82 bits per heavy atom. The van der Waals surface area contributed by atoms with E-state index < -0.39 is 0 Å². The van der Waals surface area contributed by atoms with Crippen LogP contribution in [0.2, 0.25) is 0 Å². The molecule has 0 bridgehead atoms. The molecule has 0 atom stereocenters. The lowest BCUT2D eigenvalue weighted by atomic mass is 10.0. The fourth-order valence-electron chi connectivity index (χ4n) is 1.71. The lowest BCUT2D eigenvalue weighted by molar-refractivity contribution is 0.255. The largest absolute Gasteiger partial charge is 0.323 e. The number of hydrogen-bond donors (Lipinski definition) is 2. The van der Waals surface area contributed by atoms with Gasteiger partial charge >= 0.3 is 6.03 Å². The van der Waals surface area contributed by atoms with Crippen molar-refractivity contribution in [2.24, 2.45) is 0 Å². The summed E-state index contributed by atoms with van der Waals surface area (Å²) < 4.78 is 0. The van der Waals surface area contributed by atoms with Gasteiger partial charge in [0.1, 0.15) is 0 Å². The van der Waals surface area contributed by atoms with Crippen molar-refractivity contribution in [2.75, 3.05) is 5.32 Å². The molecule has 0 heterocycles. The monoisotopic (exact) mass is 232 g/mol. The highest BCUT2D eigenvalue weighted by Crippen LogP contribution is 2.22. The number of anilines is 1. The van der Waals surface area contributed by atoms with E-state index in [4.69, 9.17) is 0 Å². The van der Waals surface area contributed by atoms with Crippen LogP contribution in [0.15, 0.2) is 30.5 Å². The second-order valence-corrected chi connectivity index (χ2v) is 3.76. The van der Waals surface area contributed by atoms with Crippen molar-refractivity contribution in [1.29, 1.82) is 0 Å². The first-order valence-electron chi connectivity index (χ1n) is 6.02. The molecule has 2 amide bonds. The summed E-state index contributed by atoms with van der Waals surface area (Å²) in [6, 6.07) is 5.93. The molecule has 1 rings (SSSR count). The minimum absolute atomic E-state index is 0.196. The van der Waals surface area contributed by atoms with Crippen LogP contribution in [0.1, 0.15) is 31.9 Å². The Kier molecular flexibility index (Phi) is 5.27. The second-order valence-electron chi connectivity index (χ2n) is 3.76. The van der Waals surface area contributed by atoms with Gasteiger partial charge in [-0.2, -0.15) is 0 Å². The van der Waals surface area contributed by atoms with Crippen molar-refractivity contribution in [3.63, 3.8) is 0 Å². The molecule has 3 nitrogen and oxygen atoms in total. The quantitative estimate of drug-likeness (QED) is 0.820. The zero-order valence-corrected chi connectivity index (χ0v) is 10.7. The zero-order chi connectivity index (χ0) is 12.7. The van der Waals surface area contributed by atoms with E-state index in [1.165, 1.54) is 11.1 Å². The summed E-state index contributed by atoms with van der Waals surface area (Å²) in [6.07, 6.45) is 5.22. The molecule has 0 fully saturated rings. The first-order valence-corrected chi connectivity index (χ1v) is 6.02. The van der Waals surface area contributed by atoms with E-state index >= 15 is 0 Å². The standard InChI is InChI=1S/C14H20N2O/c1-4-10-15-14(17)16-13-11(5-2)8-7-9-12(13)6-3/h4,7-10H,5-6H2,1-3H3,(H2,15,16,17)/b10-4+. The molecule has 0 aliphatic rings. The van der Waals surface area contributed by atoms with Crippen LogP contribution in [0.25, 0.3) is 0 Å². The number of nitrogens with one attached hydrogen (secondary N) is 2. The van der Waals surface area contributed by atoms with Crippen LogP contribution in [0.3, 0.4) is 0 Å². The lowest BCUT2D eigenvalue weighted by Crippen LogP contribution is -2.25. The maximum atomic E-state index is 11.6. The highest BCUT2D eigenvalue weighted by atomic mass is 16.2. The van der Waals surface area contributed by atoms with E-state index in [1.807, 2.05) is 25.1 Å². The molecule has 0 spiro atoms. The molecule has 0 aliphatic heterocycles. The van der Waals surface area contributed by atoms with Crippen molar-refractivity contribution in [2.45, 2.75) is 33.6 Å². The molecule has 0 saturated heterocycles. The highest BCUT2D eigenvalue weighted by Gasteiger charge is 2.08. The third kappa shape index (κ3) is 3.63. The predicted octanol–water partition coefficient (Wildman–Crippen LogP) is 3.47. The molecular weight excluding hydrogens is 212 g/mol. The predicted molar refractivity (Wildman–Crippen MR) is 72.2 cm³/mol. The molecule has 0 aliphatic carbocycles. The first-order chi connectivity index (χ1) is 8.22. The van der Waals surface area contributed by atoms with Crippen LogP contribution in [-0.2, 0) is 12.8 Å². The van der Waals surface area contributed by atoms with Gasteiger partial charge in [0, 0.05) is 11.9 Å². The fraction of sp³-hybridized carbons (Fsp3) is 0.357. The highest BCUT2D eigenvalue weighted by molar-refractivity contribution is 5.91. The van der Waals surface area contributed by atoms with Crippen molar-refractivity contribution in [3.05, 3.63) is 41.6 Å². The molecule has 1 aromatic carbocycles. The van der Waals surface area contributed by atoms with Crippen LogP contribution >= 0.6 is 0 Å². The smallest absolute Gasteiger partial charge is 0.315 e. The van der Waals surface area contributed by atoms with Crippen LogP contribution < -0.4 is 10.6 Å². The number of amides is 2. The molecule has 92 valence electrons. The van der Waals surface area contributed by atoms with E-state index in [-0.39, 0.29) is 6.03 Å². The van der Waals surface area contributed by atoms with E-state index in [9.17, 15) is 4.79 Å². The van der Waals surface area contributed by atoms with Crippen molar-refractivity contribution >= 4 is 11.7 Å². The molecule has 0 radical (unpaired) electrons. The van der Waals surface area contributed by atoms with Gasteiger partial charge < -0.3 is 10.6 Å². The van der Waals surface area contributed by atoms with Gasteiger partial charge in [0.15, 0.2) is 0 Å². The van der Waals surface area contributed by atoms with Gasteiger partial charge in [0.25, 0.3) is 0 Å². The number of carbonyl (C=O) groups excluding carboxylic acids is 1. The summed E-state index contributed by atoms with van der Waals surface area (Å²) in [5.41, 5.74) is 3.28. The van der Waals surface area contributed by atoms with Gasteiger partial charge in [-0.25, -0.2) is 4.79 Å². The number of para-hydroxylation sites is 1. The fourth-order valence-corrected chi connectivity index (χ4v) is 1.71. The number of benzene rings is 1. The second kappa shape index (κ2) is 6.74. The van der Waals surface area contributed by atoms with Crippen molar-refractivity contribution in [1.82, 2.24) is 5.32 Å². The van der Waals surface area contributed by atoms with Crippen LogP contribution in [-0.4, -0.2) is 6.03 Å². The van der Waals surface area contributed by atoms with E-state index in [2.05, 4.69) is 24.5 Å². The maximum absolute atomic E-state index is 11.6. The summed E-state index contributed by atoms with van der Waals surface area (Å²) in [5.74, 6) is 0. The summed E-state index contributed by atoms with van der Waals surface area (Å²) in [6.45, 7) is 6.03. The average Bonchev–Trinajstić information content (AvgIpc) is 2.36. The maximum Gasteiger partial charge on any atom is 0.323 e. The molecule has 2 N–H and O–H groups in total. The number of allylic oxidation sites excluding steroid dienone is 1. The summed E-state index contributed by atoms with van der Waals surface area (Å²) in [4.78, 5) is 11.6. The van der Waals surface area contributed by atoms with Gasteiger partial charge in [-0.1, -0.05) is 38.1 Å². The summed E-state index contributed by atoms with van der Waals surface area (Å²) >= 11 is 0. The molecule has 0 aromatic heterocycles. The van der Waals surface area contributed by atoms with E-state index in [0.717, 1.165) is 18.5 Å². The van der Waals surface area contributed by atoms with Crippen LogP contribution in [0.4, 0.5) is 10.5 Å². The summed E-state index contributed by atoms with van der Waals surface area (Å²) in [7, 11) is 0. The van der Waals surface area contributed by atoms with Gasteiger partial charge in [-0.05, 0) is 30.9 Å². The minimum Gasteiger partial charge on any atom is -0.315 e. The number of rotatable bonds is 4. The number of carbonyl (C=O) groups is 1. The van der Waals surface area contributed by atoms with Gasteiger partial charge in [0.2, 0.25) is 0 Å². The SMILES string of the molecule is C/C=C/NC(=O)Nc1c(CC)cccc1CC. The van der Waals surface area contributed by atoms with Gasteiger partial charge in [-0.15, -0.1) is 0 Å². The zero-order valence-electron chi connectivity index (χ0n) is 10.7. The molecule has 0 unspecified atom stereocenters. The topological polar surface area (TPSA) is 41.1 Å². The first kappa shape index (κ1) is 13.3. The van der Waals surface area contributed by atoms with Crippen molar-refractivity contribution < 1.29 is 4.79 Å². The minimum atomic E-state index is -0.196. The Labute approximate surface area is 103 Å². The Morgan fingerprint density at radius 1 is 1.24 bits per heavy atom. The number of aryl methyl sites for hydroxylation is 2. The normalized spacial score (nSPS) is 10.5. The third-order valence-corrected chi connectivity index (χ3v) is 2.62. The van der Waals surface area contributed by atoms with Gasteiger partial charge in [-0.3, -0.25) is 0 Å². The molecule has 0 saturated carbocycles. The van der Waals surface area contributed by atoms with Crippen molar-refractivity contribution in [3.8, 4) is 0 Å². The molecule has 1 aromatic rings. The van der Waals surface area contributed by atoms with Gasteiger partial charge in [0.05, 0.1) is 0 Å². The Hall–Kier alpha value is -1.77. The summed E-state index contributed by atoms with van der Waals surface area (Å²) in [5, 5.41) is 5.57. The Morgan fingerprint density at radius 3 is 2.29 bits per heavy atom. The Bertz CT molecular complexity index is 388. The van der Waals surface area contributed by atoms with Crippen LogP contribution in [0, 0.1) is 0 Å². The van der Waals surface area contributed by atoms with E-state index in [0.29, 0.717) is 0 Å². The Balaban J connectivity index is 2.91. The molecular formula is C14H20N2O. The average molecular weight is 232 g/mol. The number of urea groups is 1. The molecule has 17 heavy (non-hydrogen) atoms.